The van der Waals surface area contributed by atoms with Crippen LogP contribution in [0.25, 0.3) is 11.1 Å². The molecule has 0 spiro atoms. The van der Waals surface area contributed by atoms with E-state index in [2.05, 4.69) is 84.1 Å². The first kappa shape index (κ1) is 22.2. The smallest absolute Gasteiger partial charge is 0.250 e. The summed E-state index contributed by atoms with van der Waals surface area (Å²) in [4.78, 5) is 0. The quantitative estimate of drug-likeness (QED) is 0.378. The minimum absolute atomic E-state index is 0.135. The Morgan fingerprint density at radius 2 is 1.43 bits per heavy atom. The molecule has 0 fully saturated rings. The molecule has 0 aliphatic heterocycles. The average molecular weight is 419 g/mol. The second-order valence-corrected chi connectivity index (χ2v) is 14.3. The molecule has 0 saturated heterocycles. The third-order valence-corrected chi connectivity index (χ3v) is 10.5. The lowest BCUT2D eigenvalue weighted by molar-refractivity contribution is 0.301. The number of hydrogen-bond donors (Lipinski definition) is 0. The van der Waals surface area contributed by atoms with Gasteiger partial charge in [-0.25, -0.2) is 0 Å². The Morgan fingerprint density at radius 1 is 0.800 bits per heavy atom. The molecule has 30 heavy (non-hydrogen) atoms. The Labute approximate surface area is 183 Å². The Hall–Kier alpha value is -2.52. The molecule has 0 saturated carbocycles. The molecule has 2 nitrogen and oxygen atoms in total. The molecule has 0 aliphatic rings. The van der Waals surface area contributed by atoms with Crippen LogP contribution in [0, 0.1) is 13.8 Å². The van der Waals surface area contributed by atoms with E-state index in [-0.39, 0.29) is 5.04 Å². The molecular formula is C27H34O2Si. The van der Waals surface area contributed by atoms with Crippen molar-refractivity contribution in [2.75, 3.05) is 0 Å². The van der Waals surface area contributed by atoms with E-state index < -0.39 is 8.32 Å². The van der Waals surface area contributed by atoms with Crippen molar-refractivity contribution in [3.8, 4) is 22.6 Å². The monoisotopic (exact) mass is 418 g/mol. The summed E-state index contributed by atoms with van der Waals surface area (Å²) >= 11 is 0. The summed E-state index contributed by atoms with van der Waals surface area (Å²) < 4.78 is 12.8. The van der Waals surface area contributed by atoms with Crippen LogP contribution in [-0.4, -0.2) is 8.32 Å². The van der Waals surface area contributed by atoms with Crippen LogP contribution in [0.4, 0.5) is 0 Å². The highest BCUT2D eigenvalue weighted by molar-refractivity contribution is 6.74. The predicted octanol–water partition coefficient (Wildman–Crippen LogP) is 7.93. The first-order valence-electron chi connectivity index (χ1n) is 10.6. The minimum Gasteiger partial charge on any atom is -0.543 e. The van der Waals surface area contributed by atoms with E-state index in [4.69, 9.17) is 9.16 Å². The van der Waals surface area contributed by atoms with Gasteiger partial charge in [-0.05, 0) is 78.5 Å². The van der Waals surface area contributed by atoms with Crippen LogP contribution in [0.15, 0.2) is 66.7 Å². The van der Waals surface area contributed by atoms with Gasteiger partial charge in [0.1, 0.15) is 18.1 Å². The van der Waals surface area contributed by atoms with E-state index in [0.29, 0.717) is 6.61 Å². The fourth-order valence-electron chi connectivity index (χ4n) is 3.32. The van der Waals surface area contributed by atoms with Crippen molar-refractivity contribution in [3.05, 3.63) is 83.4 Å². The fraction of sp³-hybridized carbons (Fsp3) is 0.333. The van der Waals surface area contributed by atoms with E-state index in [1.165, 1.54) is 22.3 Å². The van der Waals surface area contributed by atoms with Gasteiger partial charge >= 0.3 is 0 Å². The van der Waals surface area contributed by atoms with Crippen LogP contribution in [-0.2, 0) is 6.61 Å². The average Bonchev–Trinajstić information content (AvgIpc) is 2.67. The van der Waals surface area contributed by atoms with Gasteiger partial charge in [0.05, 0.1) is 0 Å². The molecule has 3 heteroatoms. The van der Waals surface area contributed by atoms with Gasteiger partial charge in [0.25, 0.3) is 0 Å². The number of aryl methyl sites for hydroxylation is 2. The van der Waals surface area contributed by atoms with Crippen molar-refractivity contribution >= 4 is 8.32 Å². The summed E-state index contributed by atoms with van der Waals surface area (Å²) in [7, 11) is -1.96. The molecular weight excluding hydrogens is 384 g/mol. The maximum atomic E-state index is 6.70. The van der Waals surface area contributed by atoms with Crippen molar-refractivity contribution < 1.29 is 9.16 Å². The molecule has 0 bridgehead atoms. The highest BCUT2D eigenvalue weighted by atomic mass is 28.4. The summed E-state index contributed by atoms with van der Waals surface area (Å²) in [6.45, 7) is 16.2. The van der Waals surface area contributed by atoms with Crippen LogP contribution >= 0.6 is 0 Å². The van der Waals surface area contributed by atoms with Crippen LogP contribution in [0.2, 0.25) is 18.1 Å². The molecule has 0 atom stereocenters. The molecule has 3 aromatic carbocycles. The fourth-order valence-corrected chi connectivity index (χ4v) is 4.38. The van der Waals surface area contributed by atoms with E-state index in [1.807, 2.05) is 30.3 Å². The molecule has 158 valence electrons. The van der Waals surface area contributed by atoms with E-state index in [9.17, 15) is 0 Å². The van der Waals surface area contributed by atoms with Crippen molar-refractivity contribution in [3.63, 3.8) is 0 Å². The van der Waals surface area contributed by atoms with Crippen LogP contribution < -0.4 is 9.16 Å². The number of benzene rings is 3. The van der Waals surface area contributed by atoms with Crippen LogP contribution in [0.3, 0.4) is 0 Å². The number of ether oxygens (including phenoxy) is 1. The Bertz CT molecular complexity index is 981. The number of para-hydroxylation sites is 1. The van der Waals surface area contributed by atoms with Gasteiger partial charge in [-0.2, -0.15) is 0 Å². The van der Waals surface area contributed by atoms with E-state index in [0.717, 1.165) is 17.1 Å². The second-order valence-electron chi connectivity index (χ2n) is 9.55. The summed E-state index contributed by atoms with van der Waals surface area (Å²) in [5.74, 6) is 1.81. The molecule has 0 unspecified atom stereocenters. The third kappa shape index (κ3) is 4.96. The van der Waals surface area contributed by atoms with Gasteiger partial charge in [0.2, 0.25) is 8.32 Å². The van der Waals surface area contributed by atoms with Crippen molar-refractivity contribution in [2.45, 2.75) is 59.4 Å². The van der Waals surface area contributed by atoms with Crippen molar-refractivity contribution in [1.29, 1.82) is 0 Å². The van der Waals surface area contributed by atoms with Crippen LogP contribution in [0.1, 0.15) is 37.5 Å². The largest absolute Gasteiger partial charge is 0.543 e. The van der Waals surface area contributed by atoms with Gasteiger partial charge < -0.3 is 9.16 Å². The van der Waals surface area contributed by atoms with Gasteiger partial charge in [-0.15, -0.1) is 0 Å². The number of hydrogen-bond acceptors (Lipinski definition) is 2. The zero-order valence-electron chi connectivity index (χ0n) is 19.4. The molecule has 0 aliphatic carbocycles. The van der Waals surface area contributed by atoms with E-state index in [1.54, 1.807) is 0 Å². The van der Waals surface area contributed by atoms with Gasteiger partial charge in [-0.1, -0.05) is 63.2 Å². The zero-order valence-corrected chi connectivity index (χ0v) is 20.4. The Kier molecular flexibility index (Phi) is 6.42. The summed E-state index contributed by atoms with van der Waals surface area (Å²) in [5.41, 5.74) is 6.15. The third-order valence-electron chi connectivity index (χ3n) is 6.14. The molecule has 0 aromatic heterocycles. The predicted molar refractivity (Wildman–Crippen MR) is 130 cm³/mol. The molecule has 0 radical (unpaired) electrons. The maximum absolute atomic E-state index is 6.70. The molecule has 0 amide bonds. The Morgan fingerprint density at radius 3 is 2.03 bits per heavy atom. The lowest BCUT2D eigenvalue weighted by Gasteiger charge is -2.37. The second kappa shape index (κ2) is 8.69. The van der Waals surface area contributed by atoms with Gasteiger partial charge in [-0.3, -0.25) is 0 Å². The summed E-state index contributed by atoms with van der Waals surface area (Å²) in [6.07, 6.45) is 0. The highest BCUT2D eigenvalue weighted by Crippen LogP contribution is 2.39. The Balaban J connectivity index is 2.01. The SMILES string of the molecule is Cc1cccc(C)c1-c1ccc(O[Si](C)(C)C(C)(C)C)c(COc2ccccc2)c1. The van der Waals surface area contributed by atoms with Gasteiger partial charge in [0, 0.05) is 5.56 Å². The lowest BCUT2D eigenvalue weighted by Crippen LogP contribution is -2.44. The summed E-state index contributed by atoms with van der Waals surface area (Å²) in [5, 5.41) is 0.135. The molecule has 0 heterocycles. The lowest BCUT2D eigenvalue weighted by atomic mass is 9.94. The molecule has 3 rings (SSSR count). The highest BCUT2D eigenvalue weighted by Gasteiger charge is 2.39. The van der Waals surface area contributed by atoms with E-state index >= 15 is 0 Å². The van der Waals surface area contributed by atoms with Crippen molar-refractivity contribution in [1.82, 2.24) is 0 Å². The topological polar surface area (TPSA) is 18.5 Å². The van der Waals surface area contributed by atoms with Gasteiger partial charge in [0.15, 0.2) is 0 Å². The first-order valence-corrected chi connectivity index (χ1v) is 13.6. The number of rotatable bonds is 6. The molecule has 3 aromatic rings. The molecule has 0 N–H and O–H groups in total. The standard InChI is InChI=1S/C27H34O2Si/c1-20-12-11-13-21(2)26(20)22-16-17-25(29-30(6,7)27(3,4)5)23(18-22)19-28-24-14-9-8-10-15-24/h8-18H,19H2,1-7H3. The summed E-state index contributed by atoms with van der Waals surface area (Å²) in [6, 6.07) is 23.0. The van der Waals surface area contributed by atoms with Crippen molar-refractivity contribution in [2.24, 2.45) is 0 Å². The normalized spacial score (nSPS) is 12.0. The maximum Gasteiger partial charge on any atom is 0.250 e. The first-order chi connectivity index (χ1) is 14.1. The van der Waals surface area contributed by atoms with Crippen LogP contribution in [0.5, 0.6) is 11.5 Å². The zero-order chi connectivity index (χ0) is 21.9. The minimum atomic E-state index is -1.96.